The van der Waals surface area contributed by atoms with Crippen LogP contribution in [0.2, 0.25) is 0 Å². The zero-order valence-electron chi connectivity index (χ0n) is 6.22. The van der Waals surface area contributed by atoms with E-state index >= 15 is 0 Å². The van der Waals surface area contributed by atoms with Gasteiger partial charge >= 0.3 is 0 Å². The molecule has 0 aromatic carbocycles. The van der Waals surface area contributed by atoms with Gasteiger partial charge in [-0.15, -0.1) is 0 Å². The fourth-order valence-corrected chi connectivity index (χ4v) is 1.72. The number of likely N-dealkylation sites (tertiary alicyclic amines) is 1. The predicted octanol–water partition coefficient (Wildman–Crippen LogP) is 1.58. The molecule has 2 rings (SSSR count). The summed E-state index contributed by atoms with van der Waals surface area (Å²) in [6.45, 7) is 1.86. The van der Waals surface area contributed by atoms with Crippen LogP contribution < -0.4 is 0 Å². The van der Waals surface area contributed by atoms with Gasteiger partial charge in [0.05, 0.1) is 0 Å². The van der Waals surface area contributed by atoms with Gasteiger partial charge in [0.15, 0.2) is 0 Å². The average Bonchev–Trinajstić information content (AvgIpc) is 2.68. The molecule has 58 valence electrons. The minimum Gasteiger partial charge on any atom is -0.298 e. The van der Waals surface area contributed by atoms with Gasteiger partial charge in [0.25, 0.3) is 0 Å². The van der Waals surface area contributed by atoms with Gasteiger partial charge in [-0.1, -0.05) is 0 Å². The number of hydrogen-bond donors (Lipinski definition) is 0. The van der Waals surface area contributed by atoms with Gasteiger partial charge in [0.1, 0.15) is 6.17 Å². The maximum Gasteiger partial charge on any atom is 0.113 e. The van der Waals surface area contributed by atoms with E-state index in [-0.39, 0.29) is 0 Å². The minimum absolute atomic E-state index is 0.533. The lowest BCUT2D eigenvalue weighted by atomic mass is 10.1. The van der Waals surface area contributed by atoms with Crippen LogP contribution in [-0.4, -0.2) is 30.2 Å². The van der Waals surface area contributed by atoms with E-state index < -0.39 is 6.17 Å². The third-order valence-electron chi connectivity index (χ3n) is 2.46. The molecule has 0 N–H and O–H groups in total. The van der Waals surface area contributed by atoms with Crippen molar-refractivity contribution in [3.63, 3.8) is 0 Å². The van der Waals surface area contributed by atoms with Crippen LogP contribution in [0.4, 0.5) is 4.39 Å². The quantitative estimate of drug-likeness (QED) is 0.538. The predicted molar refractivity (Wildman–Crippen MR) is 38.7 cm³/mol. The van der Waals surface area contributed by atoms with E-state index in [1.54, 1.807) is 0 Å². The minimum atomic E-state index is -0.533. The van der Waals surface area contributed by atoms with Crippen molar-refractivity contribution in [1.82, 2.24) is 4.90 Å². The maximum absolute atomic E-state index is 12.8. The van der Waals surface area contributed by atoms with Crippen LogP contribution in [0.15, 0.2) is 0 Å². The van der Waals surface area contributed by atoms with Crippen molar-refractivity contribution in [3.8, 4) is 0 Å². The SMILES string of the molecule is FC1CCCN(C2CC2)C1. The summed E-state index contributed by atoms with van der Waals surface area (Å²) >= 11 is 0. The van der Waals surface area contributed by atoms with E-state index in [0.717, 1.165) is 25.4 Å². The summed E-state index contributed by atoms with van der Waals surface area (Å²) < 4.78 is 12.8. The van der Waals surface area contributed by atoms with E-state index in [1.165, 1.54) is 12.8 Å². The van der Waals surface area contributed by atoms with Crippen LogP contribution >= 0.6 is 0 Å². The summed E-state index contributed by atoms with van der Waals surface area (Å²) in [7, 11) is 0. The number of halogens is 1. The number of piperidine rings is 1. The highest BCUT2D eigenvalue weighted by Gasteiger charge is 2.32. The van der Waals surface area contributed by atoms with Gasteiger partial charge in [0.2, 0.25) is 0 Å². The Morgan fingerprint density at radius 1 is 1.20 bits per heavy atom. The molecular weight excluding hydrogens is 129 g/mol. The smallest absolute Gasteiger partial charge is 0.113 e. The molecule has 2 aliphatic rings. The molecule has 1 saturated carbocycles. The molecule has 0 aromatic heterocycles. The molecule has 2 heteroatoms. The van der Waals surface area contributed by atoms with Gasteiger partial charge < -0.3 is 0 Å². The van der Waals surface area contributed by atoms with Crippen molar-refractivity contribution in [2.24, 2.45) is 0 Å². The van der Waals surface area contributed by atoms with Crippen LogP contribution in [0.25, 0.3) is 0 Å². The Bertz CT molecular complexity index is 122. The number of nitrogens with zero attached hydrogens (tertiary/aromatic N) is 1. The van der Waals surface area contributed by atoms with Crippen LogP contribution in [0.1, 0.15) is 25.7 Å². The lowest BCUT2D eigenvalue weighted by Crippen LogP contribution is -2.37. The lowest BCUT2D eigenvalue weighted by molar-refractivity contribution is 0.132. The highest BCUT2D eigenvalue weighted by molar-refractivity contribution is 4.87. The van der Waals surface area contributed by atoms with Crippen LogP contribution in [0.5, 0.6) is 0 Å². The van der Waals surface area contributed by atoms with Gasteiger partial charge in [-0.25, -0.2) is 4.39 Å². The van der Waals surface area contributed by atoms with Crippen LogP contribution in [0, 0.1) is 0 Å². The van der Waals surface area contributed by atoms with E-state index in [2.05, 4.69) is 4.90 Å². The van der Waals surface area contributed by atoms with E-state index in [4.69, 9.17) is 0 Å². The van der Waals surface area contributed by atoms with Gasteiger partial charge in [0, 0.05) is 12.6 Å². The third kappa shape index (κ3) is 1.31. The van der Waals surface area contributed by atoms with Gasteiger partial charge in [-0.05, 0) is 32.2 Å². The first-order valence-electron chi connectivity index (χ1n) is 4.24. The standard InChI is InChI=1S/C8H14FN/c9-7-2-1-5-10(6-7)8-3-4-8/h7-8H,1-6H2. The molecule has 2 fully saturated rings. The summed E-state index contributed by atoms with van der Waals surface area (Å²) in [4.78, 5) is 2.31. The van der Waals surface area contributed by atoms with Crippen molar-refractivity contribution in [2.75, 3.05) is 13.1 Å². The molecule has 0 aromatic rings. The van der Waals surface area contributed by atoms with Crippen molar-refractivity contribution >= 4 is 0 Å². The molecule has 1 nitrogen and oxygen atoms in total. The zero-order chi connectivity index (χ0) is 6.97. The first-order chi connectivity index (χ1) is 4.86. The fraction of sp³-hybridized carbons (Fsp3) is 1.00. The Kier molecular flexibility index (Phi) is 1.65. The second-order valence-corrected chi connectivity index (χ2v) is 3.47. The molecule has 1 heterocycles. The summed E-state index contributed by atoms with van der Waals surface area (Å²) in [6, 6.07) is 0.763. The Hall–Kier alpha value is -0.110. The zero-order valence-corrected chi connectivity index (χ0v) is 6.22. The largest absolute Gasteiger partial charge is 0.298 e. The molecule has 1 atom stereocenters. The Morgan fingerprint density at radius 2 is 2.00 bits per heavy atom. The molecule has 1 saturated heterocycles. The monoisotopic (exact) mass is 143 g/mol. The molecule has 1 aliphatic carbocycles. The van der Waals surface area contributed by atoms with Crippen molar-refractivity contribution in [3.05, 3.63) is 0 Å². The first-order valence-corrected chi connectivity index (χ1v) is 4.24. The molecule has 0 bridgehead atoms. The summed E-state index contributed by atoms with van der Waals surface area (Å²) in [5.74, 6) is 0. The molecule has 0 spiro atoms. The van der Waals surface area contributed by atoms with Crippen molar-refractivity contribution in [1.29, 1.82) is 0 Å². The third-order valence-corrected chi connectivity index (χ3v) is 2.46. The Balaban J connectivity index is 1.84. The Labute approximate surface area is 61.2 Å². The molecule has 10 heavy (non-hydrogen) atoms. The summed E-state index contributed by atoms with van der Waals surface area (Å²) in [5, 5.41) is 0. The van der Waals surface area contributed by atoms with E-state index in [0.29, 0.717) is 6.54 Å². The second-order valence-electron chi connectivity index (χ2n) is 3.47. The van der Waals surface area contributed by atoms with Crippen LogP contribution in [0.3, 0.4) is 0 Å². The van der Waals surface area contributed by atoms with Crippen LogP contribution in [-0.2, 0) is 0 Å². The van der Waals surface area contributed by atoms with Gasteiger partial charge in [-0.3, -0.25) is 4.90 Å². The van der Waals surface area contributed by atoms with Crippen molar-refractivity contribution in [2.45, 2.75) is 37.9 Å². The van der Waals surface area contributed by atoms with E-state index in [1.807, 2.05) is 0 Å². The topological polar surface area (TPSA) is 3.24 Å². The second kappa shape index (κ2) is 2.50. The average molecular weight is 143 g/mol. The van der Waals surface area contributed by atoms with E-state index in [9.17, 15) is 4.39 Å². The Morgan fingerprint density at radius 3 is 2.60 bits per heavy atom. The van der Waals surface area contributed by atoms with Gasteiger partial charge in [-0.2, -0.15) is 0 Å². The highest BCUT2D eigenvalue weighted by atomic mass is 19.1. The van der Waals surface area contributed by atoms with Crippen molar-refractivity contribution < 1.29 is 4.39 Å². The fourth-order valence-electron chi connectivity index (χ4n) is 1.72. The normalized spacial score (nSPS) is 36.3. The maximum atomic E-state index is 12.8. The number of rotatable bonds is 1. The summed E-state index contributed by atoms with van der Waals surface area (Å²) in [6.07, 6.45) is 3.95. The summed E-state index contributed by atoms with van der Waals surface area (Å²) in [5.41, 5.74) is 0. The number of hydrogen-bond acceptors (Lipinski definition) is 1. The molecule has 1 aliphatic heterocycles. The highest BCUT2D eigenvalue weighted by Crippen LogP contribution is 2.29. The first kappa shape index (κ1) is 6.59. The molecule has 1 unspecified atom stereocenters. The molecular formula is C8H14FN. The number of alkyl halides is 1. The molecule has 0 amide bonds. The lowest BCUT2D eigenvalue weighted by Gasteiger charge is -2.28. The molecule has 0 radical (unpaired) electrons.